The van der Waals surface area contributed by atoms with Gasteiger partial charge in [-0.15, -0.1) is 0 Å². The molecular weight excluding hydrogens is 471 g/mol. The van der Waals surface area contributed by atoms with Crippen molar-refractivity contribution in [3.63, 3.8) is 0 Å². The minimum atomic E-state index is -4.05. The zero-order chi connectivity index (χ0) is 23.5. The highest BCUT2D eigenvalue weighted by Crippen LogP contribution is 2.30. The summed E-state index contributed by atoms with van der Waals surface area (Å²) in [6.45, 7) is 3.13. The molecule has 0 saturated carbocycles. The van der Waals surface area contributed by atoms with Crippen molar-refractivity contribution in [1.29, 1.82) is 0 Å². The van der Waals surface area contributed by atoms with E-state index in [4.69, 9.17) is 27.9 Å². The lowest BCUT2D eigenvalue weighted by Gasteiger charge is -2.26. The highest BCUT2D eigenvalue weighted by molar-refractivity contribution is 7.92. The molecule has 0 atom stereocenters. The Morgan fingerprint density at radius 1 is 0.969 bits per heavy atom. The van der Waals surface area contributed by atoms with E-state index >= 15 is 0 Å². The average Bonchev–Trinajstić information content (AvgIpc) is 2.73. The Balaban J connectivity index is 2.00. The number of methoxy groups -OCH3 is 1. The molecule has 0 heterocycles. The van der Waals surface area contributed by atoms with Crippen LogP contribution in [0.4, 0.5) is 11.4 Å². The lowest BCUT2D eigenvalue weighted by molar-refractivity contribution is -0.114. The van der Waals surface area contributed by atoms with Gasteiger partial charge in [-0.05, 0) is 67.9 Å². The van der Waals surface area contributed by atoms with Crippen LogP contribution < -0.4 is 14.4 Å². The molecule has 0 spiro atoms. The molecule has 9 heteroatoms. The van der Waals surface area contributed by atoms with Gasteiger partial charge < -0.3 is 10.1 Å². The number of hydrogen-bond acceptors (Lipinski definition) is 4. The van der Waals surface area contributed by atoms with Crippen LogP contribution in [0.5, 0.6) is 5.75 Å². The number of rotatable bonds is 7. The zero-order valence-corrected chi connectivity index (χ0v) is 20.1. The maximum Gasteiger partial charge on any atom is 0.264 e. The van der Waals surface area contributed by atoms with E-state index in [9.17, 15) is 13.2 Å². The van der Waals surface area contributed by atoms with E-state index in [1.54, 1.807) is 49.4 Å². The molecule has 0 aliphatic heterocycles. The molecule has 0 aliphatic carbocycles. The van der Waals surface area contributed by atoms with Crippen LogP contribution in [-0.2, 0) is 14.8 Å². The first-order valence-electron chi connectivity index (χ1n) is 9.61. The summed E-state index contributed by atoms with van der Waals surface area (Å²) < 4.78 is 33.3. The number of benzene rings is 3. The van der Waals surface area contributed by atoms with Crippen molar-refractivity contribution < 1.29 is 17.9 Å². The van der Waals surface area contributed by atoms with Crippen LogP contribution in [-0.4, -0.2) is 28.0 Å². The monoisotopic (exact) mass is 492 g/mol. The second-order valence-electron chi connectivity index (χ2n) is 7.15. The third-order valence-corrected chi connectivity index (χ3v) is 7.00. The smallest absolute Gasteiger partial charge is 0.264 e. The van der Waals surface area contributed by atoms with Crippen molar-refractivity contribution in [2.75, 3.05) is 23.3 Å². The Kier molecular flexibility index (Phi) is 7.33. The SMILES string of the molecule is COc1ccc(Cl)cc1NC(=O)CN(c1ccc(Cl)cc1C)S(=O)(=O)c1ccc(C)cc1. The third kappa shape index (κ3) is 5.35. The Labute approximate surface area is 197 Å². The summed E-state index contributed by atoms with van der Waals surface area (Å²) in [5.74, 6) is -0.158. The van der Waals surface area contributed by atoms with E-state index in [2.05, 4.69) is 5.32 Å². The van der Waals surface area contributed by atoms with Gasteiger partial charge in [0.1, 0.15) is 12.3 Å². The highest BCUT2D eigenvalue weighted by atomic mass is 35.5. The summed E-state index contributed by atoms with van der Waals surface area (Å²) in [6, 6.07) is 16.0. The molecule has 1 N–H and O–H groups in total. The fourth-order valence-electron chi connectivity index (χ4n) is 3.13. The van der Waals surface area contributed by atoms with Gasteiger partial charge >= 0.3 is 0 Å². The number of sulfonamides is 1. The molecular formula is C23H22Cl2N2O4S. The molecule has 168 valence electrons. The number of aryl methyl sites for hydroxylation is 2. The standard InChI is InChI=1S/C23H22Cl2N2O4S/c1-15-4-8-19(9-5-15)32(29,30)27(21-10-6-17(24)12-16(21)2)14-23(28)26-20-13-18(25)7-11-22(20)31-3/h4-13H,14H2,1-3H3,(H,26,28). The minimum Gasteiger partial charge on any atom is -0.495 e. The number of carbonyl (C=O) groups is 1. The van der Waals surface area contributed by atoms with E-state index in [-0.39, 0.29) is 4.90 Å². The van der Waals surface area contributed by atoms with E-state index in [0.717, 1.165) is 9.87 Å². The van der Waals surface area contributed by atoms with Gasteiger partial charge in [0.15, 0.2) is 0 Å². The molecule has 0 aliphatic rings. The predicted molar refractivity (Wildman–Crippen MR) is 129 cm³/mol. The van der Waals surface area contributed by atoms with E-state index in [1.807, 2.05) is 6.92 Å². The molecule has 1 amide bonds. The zero-order valence-electron chi connectivity index (χ0n) is 17.7. The van der Waals surface area contributed by atoms with Crippen molar-refractivity contribution in [3.05, 3.63) is 81.8 Å². The van der Waals surface area contributed by atoms with Crippen LogP contribution >= 0.6 is 23.2 Å². The van der Waals surface area contributed by atoms with Crippen LogP contribution in [0.1, 0.15) is 11.1 Å². The summed E-state index contributed by atoms with van der Waals surface area (Å²) in [7, 11) is -2.58. The maximum atomic E-state index is 13.5. The van der Waals surface area contributed by atoms with Crippen LogP contribution in [0.3, 0.4) is 0 Å². The maximum absolute atomic E-state index is 13.5. The molecule has 0 saturated heterocycles. The quantitative estimate of drug-likeness (QED) is 0.475. The van der Waals surface area contributed by atoms with Gasteiger partial charge in [-0.1, -0.05) is 40.9 Å². The van der Waals surface area contributed by atoms with Gasteiger partial charge in [0.2, 0.25) is 5.91 Å². The average molecular weight is 493 g/mol. The lowest BCUT2D eigenvalue weighted by atomic mass is 10.2. The topological polar surface area (TPSA) is 75.7 Å². The van der Waals surface area contributed by atoms with Gasteiger partial charge in [-0.25, -0.2) is 8.42 Å². The Hall–Kier alpha value is -2.74. The second kappa shape index (κ2) is 9.81. The summed E-state index contributed by atoms with van der Waals surface area (Å²) >= 11 is 12.1. The van der Waals surface area contributed by atoms with Gasteiger partial charge in [0.25, 0.3) is 10.0 Å². The molecule has 0 radical (unpaired) electrons. The molecule has 0 bridgehead atoms. The molecule has 32 heavy (non-hydrogen) atoms. The normalized spacial score (nSPS) is 11.2. The summed E-state index contributed by atoms with van der Waals surface area (Å²) in [5.41, 5.74) is 2.22. The molecule has 3 aromatic carbocycles. The van der Waals surface area contributed by atoms with Crippen molar-refractivity contribution in [2.45, 2.75) is 18.7 Å². The summed E-state index contributed by atoms with van der Waals surface area (Å²) in [5, 5.41) is 3.55. The lowest BCUT2D eigenvalue weighted by Crippen LogP contribution is -2.38. The number of hydrogen-bond donors (Lipinski definition) is 1. The molecule has 6 nitrogen and oxygen atoms in total. The van der Waals surface area contributed by atoms with Gasteiger partial charge in [-0.3, -0.25) is 9.10 Å². The molecule has 0 unspecified atom stereocenters. The van der Waals surface area contributed by atoms with Crippen molar-refractivity contribution in [1.82, 2.24) is 0 Å². The number of nitrogens with zero attached hydrogens (tertiary/aromatic N) is 1. The number of ether oxygens (including phenoxy) is 1. The summed E-state index contributed by atoms with van der Waals surface area (Å²) in [4.78, 5) is 13.0. The highest BCUT2D eigenvalue weighted by Gasteiger charge is 2.28. The van der Waals surface area contributed by atoms with Gasteiger partial charge in [0, 0.05) is 10.0 Å². The van der Waals surface area contributed by atoms with E-state index in [1.165, 1.54) is 25.3 Å². The van der Waals surface area contributed by atoms with E-state index in [0.29, 0.717) is 32.7 Å². The first kappa shape index (κ1) is 23.9. The molecule has 0 fully saturated rings. The van der Waals surface area contributed by atoms with Crippen LogP contribution in [0.15, 0.2) is 65.6 Å². The second-order valence-corrected chi connectivity index (χ2v) is 9.88. The number of halogens is 2. The minimum absolute atomic E-state index is 0.0746. The van der Waals surface area contributed by atoms with Crippen molar-refractivity contribution in [3.8, 4) is 5.75 Å². The van der Waals surface area contributed by atoms with Gasteiger partial charge in [0.05, 0.1) is 23.4 Å². The third-order valence-electron chi connectivity index (χ3n) is 4.76. The first-order chi connectivity index (χ1) is 15.1. The number of nitrogens with one attached hydrogen (secondary N) is 1. The molecule has 3 rings (SSSR count). The van der Waals surface area contributed by atoms with Crippen LogP contribution in [0.2, 0.25) is 10.0 Å². The predicted octanol–water partition coefficient (Wildman–Crippen LogP) is 5.45. The van der Waals surface area contributed by atoms with Crippen molar-refractivity contribution in [2.24, 2.45) is 0 Å². The number of anilines is 2. The molecule has 0 aromatic heterocycles. The Morgan fingerprint density at radius 3 is 2.22 bits per heavy atom. The van der Waals surface area contributed by atoms with Crippen LogP contribution in [0.25, 0.3) is 0 Å². The van der Waals surface area contributed by atoms with Gasteiger partial charge in [-0.2, -0.15) is 0 Å². The Morgan fingerprint density at radius 2 is 1.59 bits per heavy atom. The molecule has 3 aromatic rings. The first-order valence-corrected chi connectivity index (χ1v) is 11.8. The fraction of sp³-hybridized carbons (Fsp3) is 0.174. The van der Waals surface area contributed by atoms with E-state index < -0.39 is 22.5 Å². The number of carbonyl (C=O) groups excluding carboxylic acids is 1. The van der Waals surface area contributed by atoms with Crippen LogP contribution in [0, 0.1) is 13.8 Å². The number of amides is 1. The summed E-state index contributed by atoms with van der Waals surface area (Å²) in [6.07, 6.45) is 0. The Bertz CT molecular complexity index is 1250. The van der Waals surface area contributed by atoms with Crippen molar-refractivity contribution >= 4 is 50.5 Å². The fourth-order valence-corrected chi connectivity index (χ4v) is 5.02. The largest absolute Gasteiger partial charge is 0.495 e.